The average molecular weight is 352 g/mol. The van der Waals surface area contributed by atoms with Gasteiger partial charge in [0.2, 0.25) is 0 Å². The van der Waals surface area contributed by atoms with Crippen LogP contribution in [0.4, 0.5) is 0 Å². The van der Waals surface area contributed by atoms with E-state index in [0.29, 0.717) is 6.42 Å². The van der Waals surface area contributed by atoms with Crippen molar-refractivity contribution >= 4 is 14.4 Å². The van der Waals surface area contributed by atoms with Gasteiger partial charge in [-0.1, -0.05) is 6.08 Å². The van der Waals surface area contributed by atoms with Crippen molar-refractivity contribution in [1.29, 1.82) is 0 Å². The van der Waals surface area contributed by atoms with Crippen molar-refractivity contribution in [1.82, 2.24) is 0 Å². The van der Waals surface area contributed by atoms with Crippen LogP contribution in [0.1, 0.15) is 75.2 Å². The molecular formula is C18H34B2O5. The third kappa shape index (κ3) is 3.86. The minimum atomic E-state index is -0.765. The predicted octanol–water partition coefficient (Wildman–Crippen LogP) is 3.95. The predicted molar refractivity (Wildman–Crippen MR) is 101 cm³/mol. The Morgan fingerprint density at radius 3 is 1.64 bits per heavy atom. The summed E-state index contributed by atoms with van der Waals surface area (Å²) in [5, 5.41) is 0. The van der Waals surface area contributed by atoms with Crippen LogP contribution in [0, 0.1) is 0 Å². The molecule has 0 radical (unpaired) electrons. The summed E-state index contributed by atoms with van der Waals surface area (Å²) in [7, 11) is -1.28. The lowest BCUT2D eigenvalue weighted by molar-refractivity contribution is 0.00578. The van der Waals surface area contributed by atoms with Crippen molar-refractivity contribution in [2.45, 2.75) is 103 Å². The van der Waals surface area contributed by atoms with E-state index in [4.69, 9.17) is 23.3 Å². The molecule has 2 aliphatic rings. The Morgan fingerprint density at radius 1 is 0.840 bits per heavy atom. The molecule has 2 heterocycles. The average Bonchev–Trinajstić information content (AvgIpc) is 2.76. The Bertz CT molecular complexity index is 486. The third-order valence-corrected chi connectivity index (χ3v) is 6.19. The highest BCUT2D eigenvalue weighted by Crippen LogP contribution is 2.44. The molecule has 2 rings (SSSR count). The van der Waals surface area contributed by atoms with Gasteiger partial charge in [-0.15, -0.1) is 6.58 Å². The molecule has 0 aromatic carbocycles. The lowest BCUT2D eigenvalue weighted by atomic mass is 9.65. The maximum Gasteiger partial charge on any atom is 0.640 e. The van der Waals surface area contributed by atoms with Crippen LogP contribution in [0.15, 0.2) is 12.7 Å². The smallest absolute Gasteiger partial charge is 0.401 e. The summed E-state index contributed by atoms with van der Waals surface area (Å²) in [6.07, 6.45) is 3.34. The van der Waals surface area contributed by atoms with E-state index in [1.165, 1.54) is 0 Å². The zero-order valence-corrected chi connectivity index (χ0v) is 17.4. The molecule has 1 atom stereocenters. The van der Waals surface area contributed by atoms with Crippen molar-refractivity contribution in [2.75, 3.05) is 0 Å². The molecule has 2 saturated heterocycles. The van der Waals surface area contributed by atoms with Crippen molar-refractivity contribution in [3.63, 3.8) is 0 Å². The van der Waals surface area contributed by atoms with Crippen LogP contribution in [0.3, 0.4) is 0 Å². The Hall–Kier alpha value is -0.330. The highest BCUT2D eigenvalue weighted by molar-refractivity contribution is 6.51. The van der Waals surface area contributed by atoms with Gasteiger partial charge in [0.15, 0.2) is 0 Å². The van der Waals surface area contributed by atoms with Crippen LogP contribution in [0.5, 0.6) is 0 Å². The first-order chi connectivity index (χ1) is 11.2. The normalized spacial score (nSPS) is 28.8. The molecule has 0 aliphatic carbocycles. The van der Waals surface area contributed by atoms with Crippen molar-refractivity contribution in [2.24, 2.45) is 0 Å². The summed E-state index contributed by atoms with van der Waals surface area (Å²) < 4.78 is 30.8. The molecular weight excluding hydrogens is 318 g/mol. The van der Waals surface area contributed by atoms with Crippen molar-refractivity contribution in [3.05, 3.63) is 12.7 Å². The highest BCUT2D eigenvalue weighted by Gasteiger charge is 2.62. The van der Waals surface area contributed by atoms with Crippen LogP contribution < -0.4 is 0 Å². The highest BCUT2D eigenvalue weighted by atomic mass is 16.8. The first-order valence-corrected chi connectivity index (χ1v) is 9.16. The summed E-state index contributed by atoms with van der Waals surface area (Å²) >= 11 is 0. The van der Waals surface area contributed by atoms with Crippen LogP contribution in [0.2, 0.25) is 0 Å². The molecule has 0 aromatic rings. The second-order valence-electron chi connectivity index (χ2n) is 9.39. The quantitative estimate of drug-likeness (QED) is 0.535. The molecule has 1 unspecified atom stereocenters. The lowest BCUT2D eigenvalue weighted by Gasteiger charge is -2.32. The summed E-state index contributed by atoms with van der Waals surface area (Å²) in [6.45, 7) is 22.0. The first-order valence-electron chi connectivity index (χ1n) is 9.16. The van der Waals surface area contributed by atoms with E-state index in [2.05, 4.69) is 6.58 Å². The molecule has 5 nitrogen and oxygen atoms in total. The summed E-state index contributed by atoms with van der Waals surface area (Å²) in [5.41, 5.74) is -2.47. The standard InChI is InChI=1S/C18H34B2O5/c1-11-12-13-18(10,19-21-14(2,3)15(4,5)22-19)25-20-23-16(6,7)17(8,9)24-20/h11H,1,12-13H2,2-10H3. The van der Waals surface area contributed by atoms with E-state index in [0.717, 1.165) is 6.42 Å². The molecule has 0 bridgehead atoms. The van der Waals surface area contributed by atoms with E-state index in [-0.39, 0.29) is 0 Å². The van der Waals surface area contributed by atoms with Crippen molar-refractivity contribution < 1.29 is 23.3 Å². The summed E-state index contributed by atoms with van der Waals surface area (Å²) in [6, 6.07) is 0. The van der Waals surface area contributed by atoms with E-state index in [1.54, 1.807) is 0 Å². The topological polar surface area (TPSA) is 46.2 Å². The maximum absolute atomic E-state index is 6.30. The molecule has 0 aromatic heterocycles. The number of hydrogen-bond acceptors (Lipinski definition) is 5. The van der Waals surface area contributed by atoms with Gasteiger partial charge in [-0.25, -0.2) is 0 Å². The van der Waals surface area contributed by atoms with Gasteiger partial charge in [0, 0.05) is 0 Å². The van der Waals surface area contributed by atoms with Crippen LogP contribution >= 0.6 is 0 Å². The van der Waals surface area contributed by atoms with Crippen LogP contribution in [0.25, 0.3) is 0 Å². The molecule has 0 N–H and O–H groups in total. The minimum Gasteiger partial charge on any atom is -0.401 e. The zero-order valence-electron chi connectivity index (χ0n) is 17.4. The summed E-state index contributed by atoms with van der Waals surface area (Å²) in [5.74, 6) is 0. The molecule has 142 valence electrons. The van der Waals surface area contributed by atoms with E-state index >= 15 is 0 Å². The molecule has 0 saturated carbocycles. The van der Waals surface area contributed by atoms with E-state index < -0.39 is 42.3 Å². The van der Waals surface area contributed by atoms with Gasteiger partial charge in [-0.3, -0.25) is 0 Å². The van der Waals surface area contributed by atoms with Gasteiger partial charge >= 0.3 is 14.4 Å². The van der Waals surface area contributed by atoms with Gasteiger partial charge in [-0.05, 0) is 75.2 Å². The first kappa shape index (κ1) is 21.0. The van der Waals surface area contributed by atoms with Crippen molar-refractivity contribution in [3.8, 4) is 0 Å². The number of hydrogen-bond donors (Lipinski definition) is 0. The van der Waals surface area contributed by atoms with Gasteiger partial charge in [0.25, 0.3) is 0 Å². The second kappa shape index (κ2) is 6.38. The second-order valence-corrected chi connectivity index (χ2v) is 9.39. The maximum atomic E-state index is 6.30. The van der Waals surface area contributed by atoms with E-state index in [1.807, 2.05) is 68.4 Å². The number of allylic oxidation sites excluding steroid dienone is 1. The summed E-state index contributed by atoms with van der Waals surface area (Å²) in [4.78, 5) is 0. The molecule has 2 fully saturated rings. The Balaban J connectivity index is 2.20. The largest absolute Gasteiger partial charge is 0.640 e. The molecule has 25 heavy (non-hydrogen) atoms. The minimum absolute atomic E-state index is 0.424. The zero-order chi connectivity index (χ0) is 19.3. The number of rotatable bonds is 6. The SMILES string of the molecule is C=CCCC(C)(OB1OC(C)(C)C(C)(C)O1)B1OC(C)(C)C(C)(C)O1. The van der Waals surface area contributed by atoms with Gasteiger partial charge in [0.05, 0.1) is 27.9 Å². The Labute approximate surface area is 154 Å². The van der Waals surface area contributed by atoms with Gasteiger partial charge in [-0.2, -0.15) is 0 Å². The lowest BCUT2D eigenvalue weighted by Crippen LogP contribution is -2.52. The fourth-order valence-electron chi connectivity index (χ4n) is 2.77. The molecule has 7 heteroatoms. The van der Waals surface area contributed by atoms with Gasteiger partial charge < -0.3 is 23.3 Å². The monoisotopic (exact) mass is 352 g/mol. The van der Waals surface area contributed by atoms with Crippen LogP contribution in [-0.4, -0.2) is 42.3 Å². The fourth-order valence-corrected chi connectivity index (χ4v) is 2.77. The molecule has 2 aliphatic heterocycles. The fraction of sp³-hybridized carbons (Fsp3) is 0.889. The molecule has 0 spiro atoms. The molecule has 0 amide bonds. The third-order valence-electron chi connectivity index (χ3n) is 6.19. The Morgan fingerprint density at radius 2 is 1.24 bits per heavy atom. The van der Waals surface area contributed by atoms with Gasteiger partial charge in [0.1, 0.15) is 0 Å². The van der Waals surface area contributed by atoms with Crippen LogP contribution in [-0.2, 0) is 23.3 Å². The van der Waals surface area contributed by atoms with E-state index in [9.17, 15) is 0 Å². The Kier molecular flexibility index (Phi) is 5.35.